The molecule has 35 heavy (non-hydrogen) atoms. The largest absolute Gasteiger partial charge is 0.493 e. The zero-order valence-corrected chi connectivity index (χ0v) is 22.1. The average molecular weight is 528 g/mol. The number of hydrogen-bond donors (Lipinski definition) is 1. The molecule has 2 aromatic heterocycles. The van der Waals surface area contributed by atoms with Gasteiger partial charge in [0.1, 0.15) is 11.6 Å². The molecular formula is C25H26ClN5O2S2. The van der Waals surface area contributed by atoms with Crippen LogP contribution in [0.5, 0.6) is 5.75 Å². The number of benzene rings is 2. The van der Waals surface area contributed by atoms with Crippen molar-refractivity contribution >= 4 is 45.7 Å². The van der Waals surface area contributed by atoms with Gasteiger partial charge < -0.3 is 14.6 Å². The van der Waals surface area contributed by atoms with E-state index in [-0.39, 0.29) is 11.7 Å². The van der Waals surface area contributed by atoms with Gasteiger partial charge >= 0.3 is 0 Å². The molecule has 182 valence electrons. The summed E-state index contributed by atoms with van der Waals surface area (Å²) in [6.45, 7) is 4.59. The minimum Gasteiger partial charge on any atom is -0.493 e. The fourth-order valence-corrected chi connectivity index (χ4v) is 5.04. The molecule has 0 aliphatic rings. The maximum atomic E-state index is 12.4. The van der Waals surface area contributed by atoms with E-state index in [9.17, 15) is 4.79 Å². The average Bonchev–Trinajstić information content (AvgIpc) is 3.43. The number of anilines is 1. The number of amides is 1. The highest BCUT2D eigenvalue weighted by Crippen LogP contribution is 2.26. The Morgan fingerprint density at radius 2 is 1.97 bits per heavy atom. The maximum Gasteiger partial charge on any atom is 0.236 e. The molecule has 0 unspecified atom stereocenters. The molecule has 0 bridgehead atoms. The van der Waals surface area contributed by atoms with Crippen molar-refractivity contribution in [1.82, 2.24) is 19.7 Å². The van der Waals surface area contributed by atoms with E-state index in [0.29, 0.717) is 21.9 Å². The van der Waals surface area contributed by atoms with Crippen LogP contribution in [0, 0.1) is 13.8 Å². The van der Waals surface area contributed by atoms with Gasteiger partial charge in [0, 0.05) is 29.4 Å². The van der Waals surface area contributed by atoms with E-state index in [2.05, 4.69) is 20.5 Å². The Morgan fingerprint density at radius 1 is 1.17 bits per heavy atom. The van der Waals surface area contributed by atoms with Crippen molar-refractivity contribution in [2.24, 2.45) is 7.05 Å². The van der Waals surface area contributed by atoms with E-state index in [1.807, 2.05) is 73.3 Å². The first-order valence-corrected chi connectivity index (χ1v) is 13.4. The quantitative estimate of drug-likeness (QED) is 0.203. The molecule has 0 fully saturated rings. The molecule has 7 nitrogen and oxygen atoms in total. The van der Waals surface area contributed by atoms with Crippen molar-refractivity contribution in [1.29, 1.82) is 0 Å². The molecule has 0 aliphatic carbocycles. The van der Waals surface area contributed by atoms with Gasteiger partial charge in [0.2, 0.25) is 5.91 Å². The molecule has 0 radical (unpaired) electrons. The maximum absolute atomic E-state index is 12.4. The topological polar surface area (TPSA) is 81.9 Å². The molecular weight excluding hydrogens is 502 g/mol. The van der Waals surface area contributed by atoms with Crippen molar-refractivity contribution < 1.29 is 9.53 Å². The minimum atomic E-state index is -0.129. The van der Waals surface area contributed by atoms with Crippen molar-refractivity contribution in [2.45, 2.75) is 31.8 Å². The Bertz CT molecular complexity index is 1300. The van der Waals surface area contributed by atoms with Crippen molar-refractivity contribution in [3.05, 3.63) is 69.8 Å². The second-order valence-electron chi connectivity index (χ2n) is 8.06. The first-order chi connectivity index (χ1) is 16.9. The summed E-state index contributed by atoms with van der Waals surface area (Å²) in [6, 6.07) is 13.7. The number of ether oxygens (including phenoxy) is 1. The van der Waals surface area contributed by atoms with Crippen LogP contribution in [-0.2, 0) is 18.3 Å². The fraction of sp³-hybridized carbons (Fsp3) is 0.280. The van der Waals surface area contributed by atoms with E-state index in [4.69, 9.17) is 16.3 Å². The lowest BCUT2D eigenvalue weighted by Gasteiger charge is -2.09. The predicted octanol–water partition coefficient (Wildman–Crippen LogP) is 5.95. The van der Waals surface area contributed by atoms with Gasteiger partial charge in [-0.15, -0.1) is 21.5 Å². The van der Waals surface area contributed by atoms with Crippen molar-refractivity contribution in [2.75, 3.05) is 17.7 Å². The number of hydrogen-bond acceptors (Lipinski definition) is 7. The van der Waals surface area contributed by atoms with Crippen LogP contribution in [0.1, 0.15) is 23.4 Å². The Morgan fingerprint density at radius 3 is 2.74 bits per heavy atom. The third-order valence-corrected chi connectivity index (χ3v) is 7.31. The summed E-state index contributed by atoms with van der Waals surface area (Å²) in [5, 5.41) is 15.3. The molecule has 0 spiro atoms. The monoisotopic (exact) mass is 527 g/mol. The Balaban J connectivity index is 1.22. The van der Waals surface area contributed by atoms with Gasteiger partial charge in [0.25, 0.3) is 0 Å². The molecule has 0 saturated heterocycles. The molecule has 10 heteroatoms. The zero-order chi connectivity index (χ0) is 24.8. The summed E-state index contributed by atoms with van der Waals surface area (Å²) in [5.41, 5.74) is 4.09. The number of nitrogens with zero attached hydrogens (tertiary/aromatic N) is 4. The van der Waals surface area contributed by atoms with Gasteiger partial charge in [-0.1, -0.05) is 53.2 Å². The molecule has 1 N–H and O–H groups in total. The molecule has 4 aromatic rings. The lowest BCUT2D eigenvalue weighted by molar-refractivity contribution is -0.113. The summed E-state index contributed by atoms with van der Waals surface area (Å²) in [5.74, 6) is 1.79. The smallest absolute Gasteiger partial charge is 0.236 e. The van der Waals surface area contributed by atoms with Gasteiger partial charge in [-0.05, 0) is 44.0 Å². The Kier molecular flexibility index (Phi) is 8.43. The van der Waals surface area contributed by atoms with Crippen LogP contribution >= 0.6 is 34.7 Å². The standard InChI is InChI=1S/C25H26ClN5O2S2/c1-16-6-8-18(9-7-16)20-14-34-24(27-20)28-23(32)15-35-25-30-29-22(31(25)3)5-4-12-33-21-11-10-19(26)13-17(21)2/h6-11,13-14H,4-5,12,15H2,1-3H3,(H,27,28,32). The second-order valence-corrected chi connectivity index (χ2v) is 10.3. The summed E-state index contributed by atoms with van der Waals surface area (Å²) in [4.78, 5) is 17.0. The van der Waals surface area contributed by atoms with Gasteiger partial charge in [-0.2, -0.15) is 0 Å². The van der Waals surface area contributed by atoms with Crippen molar-refractivity contribution in [3.8, 4) is 17.0 Å². The van der Waals surface area contributed by atoms with Gasteiger partial charge in [-0.3, -0.25) is 4.79 Å². The number of nitrogens with one attached hydrogen (secondary N) is 1. The first-order valence-electron chi connectivity index (χ1n) is 11.1. The molecule has 4 rings (SSSR count). The second kappa shape index (κ2) is 11.7. The van der Waals surface area contributed by atoms with Crippen LogP contribution in [0.2, 0.25) is 5.02 Å². The van der Waals surface area contributed by atoms with E-state index in [1.165, 1.54) is 28.7 Å². The van der Waals surface area contributed by atoms with E-state index in [1.54, 1.807) is 0 Å². The Hall–Kier alpha value is -2.88. The number of rotatable bonds is 10. The summed E-state index contributed by atoms with van der Waals surface area (Å²) >= 11 is 8.75. The van der Waals surface area contributed by atoms with Crippen LogP contribution in [0.15, 0.2) is 53.0 Å². The fourth-order valence-electron chi connectivity index (χ4n) is 3.35. The normalized spacial score (nSPS) is 11.0. The van der Waals surface area contributed by atoms with Crippen LogP contribution in [0.3, 0.4) is 0 Å². The summed E-state index contributed by atoms with van der Waals surface area (Å²) in [6.07, 6.45) is 1.52. The lowest BCUT2D eigenvalue weighted by Crippen LogP contribution is -2.14. The molecule has 1 amide bonds. The van der Waals surface area contributed by atoms with E-state index in [0.717, 1.165) is 41.2 Å². The van der Waals surface area contributed by atoms with Gasteiger partial charge in [-0.25, -0.2) is 4.98 Å². The number of aromatic nitrogens is 4. The molecule has 0 atom stereocenters. The van der Waals surface area contributed by atoms with Gasteiger partial charge in [0.15, 0.2) is 10.3 Å². The Labute approximate surface area is 217 Å². The van der Waals surface area contributed by atoms with Crippen molar-refractivity contribution in [3.63, 3.8) is 0 Å². The molecule has 2 heterocycles. The first kappa shape index (κ1) is 25.2. The van der Waals surface area contributed by atoms with Crippen LogP contribution < -0.4 is 10.1 Å². The van der Waals surface area contributed by atoms with E-state index >= 15 is 0 Å². The third-order valence-electron chi connectivity index (χ3n) is 5.29. The predicted molar refractivity (Wildman–Crippen MR) is 143 cm³/mol. The minimum absolute atomic E-state index is 0.129. The van der Waals surface area contributed by atoms with Crippen LogP contribution in [-0.4, -0.2) is 38.0 Å². The summed E-state index contributed by atoms with van der Waals surface area (Å²) in [7, 11) is 1.91. The number of halogens is 1. The highest BCUT2D eigenvalue weighted by Gasteiger charge is 2.13. The number of thioether (sulfide) groups is 1. The SMILES string of the molecule is Cc1ccc(-c2csc(NC(=O)CSc3nnc(CCCOc4ccc(Cl)cc4C)n3C)n2)cc1. The van der Waals surface area contributed by atoms with Crippen LogP contribution in [0.25, 0.3) is 11.3 Å². The number of thiazole rings is 1. The van der Waals surface area contributed by atoms with Gasteiger partial charge in [0.05, 0.1) is 18.1 Å². The number of carbonyl (C=O) groups is 1. The third kappa shape index (κ3) is 6.84. The lowest BCUT2D eigenvalue weighted by atomic mass is 10.1. The summed E-state index contributed by atoms with van der Waals surface area (Å²) < 4.78 is 7.77. The number of carbonyl (C=O) groups excluding carboxylic acids is 1. The van der Waals surface area contributed by atoms with E-state index < -0.39 is 0 Å². The van der Waals surface area contributed by atoms with Crippen LogP contribution in [0.4, 0.5) is 5.13 Å². The molecule has 0 aliphatic heterocycles. The molecule has 2 aromatic carbocycles. The highest BCUT2D eigenvalue weighted by molar-refractivity contribution is 7.99. The highest BCUT2D eigenvalue weighted by atomic mass is 35.5. The molecule has 0 saturated carbocycles. The zero-order valence-electron chi connectivity index (χ0n) is 19.7. The number of aryl methyl sites for hydroxylation is 3.